The third-order valence-electron chi connectivity index (χ3n) is 5.34. The van der Waals surface area contributed by atoms with Gasteiger partial charge in [-0.05, 0) is 41.6 Å². The number of fused-ring (bicyclic) bond motifs is 1. The zero-order valence-corrected chi connectivity index (χ0v) is 17.8. The highest BCUT2D eigenvalue weighted by atomic mass is 32.1. The number of thiophene rings is 1. The largest absolute Gasteiger partial charge is 0.543 e. The molecular formula is C24H23N2O3S-. The fraction of sp³-hybridized carbons (Fsp3) is 0.208. The van der Waals surface area contributed by atoms with E-state index in [0.29, 0.717) is 25.4 Å². The summed E-state index contributed by atoms with van der Waals surface area (Å²) in [5.41, 5.74) is 3.95. The fourth-order valence-corrected chi connectivity index (χ4v) is 4.46. The number of hydrogen-bond acceptors (Lipinski definition) is 5. The Kier molecular flexibility index (Phi) is 5.88. The summed E-state index contributed by atoms with van der Waals surface area (Å²) >= 11 is 1.67. The van der Waals surface area contributed by atoms with Crippen LogP contribution in [0.4, 0.5) is 0 Å². The molecule has 4 rings (SSSR count). The Balaban J connectivity index is 1.80. The Morgan fingerprint density at radius 2 is 1.97 bits per heavy atom. The fourth-order valence-electron chi connectivity index (χ4n) is 3.79. The molecule has 30 heavy (non-hydrogen) atoms. The van der Waals surface area contributed by atoms with E-state index in [1.165, 1.54) is 4.88 Å². The lowest BCUT2D eigenvalue weighted by molar-refractivity contribution is -0.255. The minimum Gasteiger partial charge on any atom is -0.543 e. The lowest BCUT2D eigenvalue weighted by atomic mass is 10.1. The van der Waals surface area contributed by atoms with Crippen molar-refractivity contribution in [3.8, 4) is 5.75 Å². The van der Waals surface area contributed by atoms with Crippen LogP contribution < -0.4 is 15.2 Å². The standard InChI is InChI=1S/C24H24N2O3S/c1-16-6-3-4-7-17(16)15-26-22-12-18(29-2)9-10-20(22)21(23(26)24(27)28)14-25-13-19-8-5-11-30-19/h3-12,25H,13-15H2,1-2H3,(H,27,28)/p-1. The van der Waals surface area contributed by atoms with Gasteiger partial charge in [-0.25, -0.2) is 0 Å². The Labute approximate surface area is 179 Å². The number of carboxylic acid groups (broad SMARTS) is 1. The number of nitrogens with one attached hydrogen (secondary N) is 1. The van der Waals surface area contributed by atoms with Crippen molar-refractivity contribution >= 4 is 28.2 Å². The smallest absolute Gasteiger partial charge is 0.120 e. The lowest BCUT2D eigenvalue weighted by Crippen LogP contribution is -2.28. The molecule has 0 spiro atoms. The summed E-state index contributed by atoms with van der Waals surface area (Å²) in [4.78, 5) is 13.4. The van der Waals surface area contributed by atoms with Gasteiger partial charge in [0.15, 0.2) is 0 Å². The van der Waals surface area contributed by atoms with Crippen LogP contribution in [0.15, 0.2) is 60.0 Å². The van der Waals surface area contributed by atoms with Crippen molar-refractivity contribution < 1.29 is 14.6 Å². The van der Waals surface area contributed by atoms with E-state index in [1.54, 1.807) is 18.4 Å². The number of aromatic nitrogens is 1. The summed E-state index contributed by atoms with van der Waals surface area (Å²) in [7, 11) is 1.61. The maximum atomic E-state index is 12.2. The number of aryl methyl sites for hydroxylation is 1. The first-order valence-electron chi connectivity index (χ1n) is 9.76. The number of benzene rings is 2. The van der Waals surface area contributed by atoms with E-state index in [9.17, 15) is 9.90 Å². The summed E-state index contributed by atoms with van der Waals surface area (Å²) in [6.07, 6.45) is 0. The normalized spacial score (nSPS) is 11.1. The molecule has 5 nitrogen and oxygen atoms in total. The van der Waals surface area contributed by atoms with E-state index in [1.807, 2.05) is 65.4 Å². The van der Waals surface area contributed by atoms with E-state index in [0.717, 1.165) is 27.6 Å². The topological polar surface area (TPSA) is 66.3 Å². The summed E-state index contributed by atoms with van der Waals surface area (Å²) < 4.78 is 7.23. The van der Waals surface area contributed by atoms with Gasteiger partial charge in [-0.3, -0.25) is 0 Å². The monoisotopic (exact) mass is 419 g/mol. The van der Waals surface area contributed by atoms with Crippen LogP contribution in [0.3, 0.4) is 0 Å². The molecule has 6 heteroatoms. The second kappa shape index (κ2) is 8.73. The van der Waals surface area contributed by atoms with Gasteiger partial charge in [0.2, 0.25) is 0 Å². The first-order valence-corrected chi connectivity index (χ1v) is 10.6. The van der Waals surface area contributed by atoms with Crippen LogP contribution in [0.2, 0.25) is 0 Å². The zero-order chi connectivity index (χ0) is 21.1. The molecule has 2 aromatic carbocycles. The molecule has 0 fully saturated rings. The van der Waals surface area contributed by atoms with Crippen molar-refractivity contribution in [2.75, 3.05) is 7.11 Å². The molecule has 0 unspecified atom stereocenters. The Morgan fingerprint density at radius 3 is 2.67 bits per heavy atom. The summed E-state index contributed by atoms with van der Waals surface area (Å²) in [5, 5.41) is 18.6. The average molecular weight is 420 g/mol. The lowest BCUT2D eigenvalue weighted by Gasteiger charge is -2.15. The van der Waals surface area contributed by atoms with Crippen molar-refractivity contribution in [2.45, 2.75) is 26.6 Å². The number of carbonyl (C=O) groups excluding carboxylic acids is 1. The quantitative estimate of drug-likeness (QED) is 0.473. The van der Waals surface area contributed by atoms with E-state index in [-0.39, 0.29) is 5.69 Å². The third-order valence-corrected chi connectivity index (χ3v) is 6.22. The van der Waals surface area contributed by atoms with Gasteiger partial charge in [-0.2, -0.15) is 0 Å². The molecule has 0 saturated heterocycles. The highest BCUT2D eigenvalue weighted by Crippen LogP contribution is 2.31. The van der Waals surface area contributed by atoms with Crippen LogP contribution in [0.25, 0.3) is 10.9 Å². The van der Waals surface area contributed by atoms with Gasteiger partial charge in [-0.1, -0.05) is 30.3 Å². The Hall–Kier alpha value is -3.09. The number of methoxy groups -OCH3 is 1. The van der Waals surface area contributed by atoms with Gasteiger partial charge in [0.25, 0.3) is 0 Å². The van der Waals surface area contributed by atoms with E-state index >= 15 is 0 Å². The van der Waals surface area contributed by atoms with Crippen molar-refractivity contribution in [1.29, 1.82) is 0 Å². The van der Waals surface area contributed by atoms with Gasteiger partial charge in [-0.15, -0.1) is 11.3 Å². The molecule has 0 aliphatic carbocycles. The first-order chi connectivity index (χ1) is 14.6. The molecule has 0 saturated carbocycles. The van der Waals surface area contributed by atoms with Gasteiger partial charge < -0.3 is 24.5 Å². The summed E-state index contributed by atoms with van der Waals surface area (Å²) in [6.45, 7) is 3.60. The molecule has 0 radical (unpaired) electrons. The molecular weight excluding hydrogens is 396 g/mol. The van der Waals surface area contributed by atoms with Crippen LogP contribution in [-0.4, -0.2) is 17.6 Å². The van der Waals surface area contributed by atoms with Crippen molar-refractivity contribution in [3.63, 3.8) is 0 Å². The number of nitrogens with zero attached hydrogens (tertiary/aromatic N) is 1. The second-order valence-corrected chi connectivity index (χ2v) is 8.23. The summed E-state index contributed by atoms with van der Waals surface area (Å²) in [5.74, 6) is -0.485. The molecule has 0 bridgehead atoms. The number of carboxylic acids is 1. The molecule has 2 aromatic heterocycles. The van der Waals surface area contributed by atoms with Crippen LogP contribution in [0, 0.1) is 6.92 Å². The zero-order valence-electron chi connectivity index (χ0n) is 17.0. The molecule has 0 aliphatic heterocycles. The van der Waals surface area contributed by atoms with Crippen LogP contribution in [0.5, 0.6) is 5.75 Å². The number of carbonyl (C=O) groups is 1. The highest BCUT2D eigenvalue weighted by molar-refractivity contribution is 7.09. The predicted octanol–water partition coefficient (Wildman–Crippen LogP) is 3.72. The maximum absolute atomic E-state index is 12.2. The maximum Gasteiger partial charge on any atom is 0.120 e. The highest BCUT2D eigenvalue weighted by Gasteiger charge is 2.19. The van der Waals surface area contributed by atoms with E-state index < -0.39 is 5.97 Å². The van der Waals surface area contributed by atoms with Crippen LogP contribution in [0.1, 0.15) is 32.1 Å². The van der Waals surface area contributed by atoms with Gasteiger partial charge in [0.1, 0.15) is 5.75 Å². The minimum atomic E-state index is -1.17. The Bertz CT molecular complexity index is 1180. The van der Waals surface area contributed by atoms with Crippen LogP contribution >= 0.6 is 11.3 Å². The second-order valence-electron chi connectivity index (χ2n) is 7.19. The van der Waals surface area contributed by atoms with Crippen molar-refractivity contribution in [1.82, 2.24) is 9.88 Å². The van der Waals surface area contributed by atoms with Crippen molar-refractivity contribution in [3.05, 3.63) is 87.2 Å². The van der Waals surface area contributed by atoms with Gasteiger partial charge in [0.05, 0.1) is 24.3 Å². The number of hydrogen-bond donors (Lipinski definition) is 1. The van der Waals surface area contributed by atoms with E-state index in [2.05, 4.69) is 11.4 Å². The van der Waals surface area contributed by atoms with Gasteiger partial charge >= 0.3 is 0 Å². The minimum absolute atomic E-state index is 0.209. The van der Waals surface area contributed by atoms with E-state index in [4.69, 9.17) is 4.74 Å². The first kappa shape index (κ1) is 20.2. The Morgan fingerprint density at radius 1 is 1.13 bits per heavy atom. The van der Waals surface area contributed by atoms with Gasteiger partial charge in [0, 0.05) is 41.5 Å². The molecule has 1 N–H and O–H groups in total. The molecule has 0 aliphatic rings. The molecule has 2 heterocycles. The average Bonchev–Trinajstić information content (AvgIpc) is 3.36. The molecule has 4 aromatic rings. The SMILES string of the molecule is COc1ccc2c(CNCc3cccs3)c(C(=O)[O-])n(Cc3ccccc3C)c2c1. The van der Waals surface area contributed by atoms with Crippen LogP contribution in [-0.2, 0) is 19.6 Å². The number of aromatic carboxylic acids is 1. The third kappa shape index (κ3) is 3.97. The summed E-state index contributed by atoms with van der Waals surface area (Å²) in [6, 6.07) is 17.8. The molecule has 0 atom stereocenters. The number of rotatable bonds is 8. The molecule has 0 amide bonds. The molecule has 154 valence electrons. The predicted molar refractivity (Wildman–Crippen MR) is 118 cm³/mol. The number of ether oxygens (including phenoxy) is 1. The van der Waals surface area contributed by atoms with Crippen molar-refractivity contribution in [2.24, 2.45) is 0 Å².